The van der Waals surface area contributed by atoms with Crippen LogP contribution in [0.4, 0.5) is 0 Å². The molecule has 0 amide bonds. The molecule has 2 rings (SSSR count). The third-order valence-corrected chi connectivity index (χ3v) is 4.31. The molecule has 102 valence electrons. The van der Waals surface area contributed by atoms with Crippen LogP contribution in [0.1, 0.15) is 17.0 Å². The van der Waals surface area contributed by atoms with Gasteiger partial charge in [-0.1, -0.05) is 12.1 Å². The summed E-state index contributed by atoms with van der Waals surface area (Å²) in [6, 6.07) is 5.07. The molecule has 0 aliphatic rings. The van der Waals surface area contributed by atoms with Crippen molar-refractivity contribution in [2.75, 3.05) is 0 Å². The minimum atomic E-state index is -3.54. The van der Waals surface area contributed by atoms with Crippen molar-refractivity contribution in [2.24, 2.45) is 5.73 Å². The fraction of sp³-hybridized carbons (Fsp3) is 0.250. The number of aromatic amines is 1. The summed E-state index contributed by atoms with van der Waals surface area (Å²) in [5.74, 6) is 0.569. The fourth-order valence-corrected chi connectivity index (χ4v) is 2.99. The van der Waals surface area contributed by atoms with E-state index in [4.69, 9.17) is 5.73 Å². The zero-order valence-electron chi connectivity index (χ0n) is 10.6. The number of imidazole rings is 1. The van der Waals surface area contributed by atoms with Crippen molar-refractivity contribution in [3.8, 4) is 0 Å². The predicted octanol–water partition coefficient (Wildman–Crippen LogP) is 0.655. The topological polar surface area (TPSA) is 101 Å². The summed E-state index contributed by atoms with van der Waals surface area (Å²) >= 11 is 0. The summed E-state index contributed by atoms with van der Waals surface area (Å²) in [5, 5.41) is 0. The first-order chi connectivity index (χ1) is 9.03. The van der Waals surface area contributed by atoms with Crippen LogP contribution in [-0.2, 0) is 23.1 Å². The minimum absolute atomic E-state index is 0.132. The Morgan fingerprint density at radius 2 is 2.21 bits per heavy atom. The van der Waals surface area contributed by atoms with Crippen molar-refractivity contribution in [2.45, 2.75) is 24.9 Å². The van der Waals surface area contributed by atoms with Crippen LogP contribution in [0.5, 0.6) is 0 Å². The Labute approximate surface area is 112 Å². The molecule has 19 heavy (non-hydrogen) atoms. The molecule has 1 aromatic carbocycles. The zero-order chi connectivity index (χ0) is 13.9. The number of nitrogens with two attached hydrogens (primary N) is 1. The highest BCUT2D eigenvalue weighted by atomic mass is 32.2. The first-order valence-corrected chi connectivity index (χ1v) is 7.29. The third kappa shape index (κ3) is 3.19. The number of benzene rings is 1. The highest BCUT2D eigenvalue weighted by Crippen LogP contribution is 2.16. The van der Waals surface area contributed by atoms with Crippen LogP contribution in [0.25, 0.3) is 0 Å². The van der Waals surface area contributed by atoms with Crippen LogP contribution in [-0.4, -0.2) is 18.4 Å². The Hall–Kier alpha value is -1.70. The second kappa shape index (κ2) is 5.52. The van der Waals surface area contributed by atoms with Crippen molar-refractivity contribution in [1.82, 2.24) is 14.7 Å². The van der Waals surface area contributed by atoms with Crippen LogP contribution < -0.4 is 10.5 Å². The summed E-state index contributed by atoms with van der Waals surface area (Å²) in [7, 11) is -3.54. The second-order valence-electron chi connectivity index (χ2n) is 4.16. The van der Waals surface area contributed by atoms with Crippen molar-refractivity contribution >= 4 is 10.0 Å². The fourth-order valence-electron chi connectivity index (χ4n) is 1.78. The Morgan fingerprint density at radius 3 is 2.79 bits per heavy atom. The van der Waals surface area contributed by atoms with Gasteiger partial charge in [-0.2, -0.15) is 0 Å². The normalized spacial score (nSPS) is 11.7. The number of rotatable bonds is 5. The molecule has 0 unspecified atom stereocenters. The number of nitrogens with one attached hydrogen (secondary N) is 2. The molecular formula is C12H16N4O2S. The van der Waals surface area contributed by atoms with Gasteiger partial charge in [0.25, 0.3) is 0 Å². The molecule has 0 atom stereocenters. The van der Waals surface area contributed by atoms with E-state index in [0.717, 1.165) is 5.56 Å². The summed E-state index contributed by atoms with van der Waals surface area (Å²) in [6.45, 7) is 2.27. The van der Waals surface area contributed by atoms with Gasteiger partial charge in [-0.3, -0.25) is 0 Å². The van der Waals surface area contributed by atoms with E-state index in [1.807, 2.05) is 0 Å². The van der Waals surface area contributed by atoms with Gasteiger partial charge in [0.2, 0.25) is 10.0 Å². The maximum atomic E-state index is 12.2. The van der Waals surface area contributed by atoms with Crippen LogP contribution in [0.15, 0.2) is 35.5 Å². The molecule has 0 saturated heterocycles. The number of hydrogen-bond donors (Lipinski definition) is 3. The van der Waals surface area contributed by atoms with Crippen LogP contribution in [0.3, 0.4) is 0 Å². The number of sulfonamides is 1. The molecule has 1 aromatic heterocycles. The van der Waals surface area contributed by atoms with Crippen molar-refractivity contribution in [3.63, 3.8) is 0 Å². The van der Waals surface area contributed by atoms with Gasteiger partial charge < -0.3 is 10.7 Å². The van der Waals surface area contributed by atoms with E-state index in [1.54, 1.807) is 37.5 Å². The van der Waals surface area contributed by atoms with E-state index in [2.05, 4.69) is 14.7 Å². The summed E-state index contributed by atoms with van der Waals surface area (Å²) < 4.78 is 26.8. The largest absolute Gasteiger partial charge is 0.347 e. The summed E-state index contributed by atoms with van der Waals surface area (Å²) in [5.41, 5.74) is 7.10. The molecular weight excluding hydrogens is 264 g/mol. The van der Waals surface area contributed by atoms with E-state index in [-0.39, 0.29) is 11.4 Å². The van der Waals surface area contributed by atoms with Crippen LogP contribution in [0.2, 0.25) is 0 Å². The van der Waals surface area contributed by atoms with Gasteiger partial charge in [0.05, 0.1) is 11.4 Å². The Kier molecular flexibility index (Phi) is 3.98. The average molecular weight is 280 g/mol. The van der Waals surface area contributed by atoms with E-state index < -0.39 is 10.0 Å². The lowest BCUT2D eigenvalue weighted by Gasteiger charge is -2.09. The molecule has 7 heteroatoms. The average Bonchev–Trinajstić information content (AvgIpc) is 2.89. The van der Waals surface area contributed by atoms with Gasteiger partial charge in [0.15, 0.2) is 0 Å². The Bertz CT molecular complexity index is 650. The lowest BCUT2D eigenvalue weighted by molar-refractivity contribution is 0.579. The lowest BCUT2D eigenvalue weighted by atomic mass is 10.1. The van der Waals surface area contributed by atoms with Crippen LogP contribution in [0, 0.1) is 6.92 Å². The number of aromatic nitrogens is 2. The van der Waals surface area contributed by atoms with Gasteiger partial charge in [-0.25, -0.2) is 18.1 Å². The van der Waals surface area contributed by atoms with Gasteiger partial charge in [0.1, 0.15) is 5.82 Å². The van der Waals surface area contributed by atoms with E-state index in [0.29, 0.717) is 17.9 Å². The van der Waals surface area contributed by atoms with Gasteiger partial charge >= 0.3 is 0 Å². The maximum Gasteiger partial charge on any atom is 0.241 e. The Balaban J connectivity index is 2.19. The van der Waals surface area contributed by atoms with Crippen molar-refractivity contribution < 1.29 is 8.42 Å². The van der Waals surface area contributed by atoms with Crippen LogP contribution >= 0.6 is 0 Å². The first kappa shape index (κ1) is 13.7. The second-order valence-corrected chi connectivity index (χ2v) is 5.90. The number of aryl methyl sites for hydroxylation is 1. The van der Waals surface area contributed by atoms with Gasteiger partial charge in [-0.05, 0) is 24.1 Å². The minimum Gasteiger partial charge on any atom is -0.347 e. The molecule has 0 aliphatic carbocycles. The van der Waals surface area contributed by atoms with E-state index in [9.17, 15) is 8.42 Å². The molecule has 0 spiro atoms. The van der Waals surface area contributed by atoms with Crippen molar-refractivity contribution in [1.29, 1.82) is 0 Å². The number of nitrogens with zero attached hydrogens (tertiary/aromatic N) is 1. The number of hydrogen-bond acceptors (Lipinski definition) is 4. The molecule has 4 N–H and O–H groups in total. The smallest absolute Gasteiger partial charge is 0.241 e. The first-order valence-electron chi connectivity index (χ1n) is 5.80. The summed E-state index contributed by atoms with van der Waals surface area (Å²) in [4.78, 5) is 7.06. The molecule has 6 nitrogen and oxygen atoms in total. The quantitative estimate of drug-likeness (QED) is 0.748. The predicted molar refractivity (Wildman–Crippen MR) is 71.7 cm³/mol. The van der Waals surface area contributed by atoms with E-state index in [1.165, 1.54) is 0 Å². The monoisotopic (exact) mass is 280 g/mol. The maximum absolute atomic E-state index is 12.2. The standard InChI is InChI=1S/C12H16N4O2S/c1-9-6-10(7-13)2-3-11(9)19(17,18)16-8-12-14-4-5-15-12/h2-6,16H,7-8,13H2,1H3,(H,14,15). The van der Waals surface area contributed by atoms with E-state index >= 15 is 0 Å². The van der Waals surface area contributed by atoms with Gasteiger partial charge in [-0.15, -0.1) is 0 Å². The zero-order valence-corrected chi connectivity index (χ0v) is 11.4. The Morgan fingerprint density at radius 1 is 1.42 bits per heavy atom. The third-order valence-electron chi connectivity index (χ3n) is 2.75. The molecule has 1 heterocycles. The molecule has 0 fully saturated rings. The highest BCUT2D eigenvalue weighted by Gasteiger charge is 2.16. The van der Waals surface area contributed by atoms with Crippen molar-refractivity contribution in [3.05, 3.63) is 47.5 Å². The SMILES string of the molecule is Cc1cc(CN)ccc1S(=O)(=O)NCc1ncc[nH]1. The number of H-pyrrole nitrogens is 1. The highest BCUT2D eigenvalue weighted by molar-refractivity contribution is 7.89. The lowest BCUT2D eigenvalue weighted by Crippen LogP contribution is -2.24. The molecule has 0 saturated carbocycles. The molecule has 2 aromatic rings. The molecule has 0 aliphatic heterocycles. The molecule has 0 bridgehead atoms. The van der Waals surface area contributed by atoms with Gasteiger partial charge in [0, 0.05) is 18.9 Å². The summed E-state index contributed by atoms with van der Waals surface area (Å²) in [6.07, 6.45) is 3.22. The molecule has 0 radical (unpaired) electrons.